The van der Waals surface area contributed by atoms with Gasteiger partial charge in [0.1, 0.15) is 18.0 Å². The van der Waals surface area contributed by atoms with Gasteiger partial charge >= 0.3 is 0 Å². The van der Waals surface area contributed by atoms with Crippen molar-refractivity contribution >= 4 is 39.7 Å². The third kappa shape index (κ3) is 4.30. The maximum Gasteiger partial charge on any atom is 0.293 e. The van der Waals surface area contributed by atoms with E-state index in [0.29, 0.717) is 30.3 Å². The van der Waals surface area contributed by atoms with Gasteiger partial charge in [0, 0.05) is 27.9 Å². The van der Waals surface area contributed by atoms with Crippen molar-refractivity contribution in [3.05, 3.63) is 56.1 Å². The van der Waals surface area contributed by atoms with Crippen LogP contribution in [0.3, 0.4) is 0 Å². The minimum atomic E-state index is -0.404. The van der Waals surface area contributed by atoms with E-state index in [9.17, 15) is 10.1 Å². The van der Waals surface area contributed by atoms with Crippen LogP contribution >= 0.6 is 22.6 Å². The molecule has 0 fully saturated rings. The maximum atomic E-state index is 11.1. The van der Waals surface area contributed by atoms with Crippen molar-refractivity contribution < 1.29 is 9.66 Å². The molecule has 2 aromatic carbocycles. The van der Waals surface area contributed by atoms with Gasteiger partial charge in [-0.15, -0.1) is 0 Å². The van der Waals surface area contributed by atoms with E-state index in [0.717, 1.165) is 3.57 Å². The summed E-state index contributed by atoms with van der Waals surface area (Å²) in [6.07, 6.45) is 0. The van der Waals surface area contributed by atoms with E-state index in [-0.39, 0.29) is 5.69 Å². The van der Waals surface area contributed by atoms with Crippen molar-refractivity contribution in [2.24, 2.45) is 5.73 Å². The highest BCUT2D eigenvalue weighted by Gasteiger charge is 2.14. The van der Waals surface area contributed by atoms with E-state index >= 15 is 0 Å². The Balaban J connectivity index is 2.24. The topological polar surface area (TPSA) is 90.4 Å². The summed E-state index contributed by atoms with van der Waals surface area (Å²) in [6.45, 7) is 0.855. The molecule has 3 N–H and O–H groups in total. The normalized spacial score (nSPS) is 10.2. The van der Waals surface area contributed by atoms with Crippen LogP contribution in [0.15, 0.2) is 42.5 Å². The Bertz CT molecular complexity index is 649. The Hall–Kier alpha value is -1.87. The zero-order chi connectivity index (χ0) is 15.2. The molecule has 0 bridgehead atoms. The zero-order valence-electron chi connectivity index (χ0n) is 11.1. The van der Waals surface area contributed by atoms with Crippen molar-refractivity contribution in [3.63, 3.8) is 0 Å². The maximum absolute atomic E-state index is 11.1. The number of nitro benzene ring substituents is 1. The molecule has 0 unspecified atom stereocenters. The van der Waals surface area contributed by atoms with Crippen molar-refractivity contribution in [2.45, 2.75) is 0 Å². The van der Waals surface area contributed by atoms with Gasteiger partial charge in [-0.2, -0.15) is 0 Å². The van der Waals surface area contributed by atoms with E-state index in [1.54, 1.807) is 12.1 Å². The highest BCUT2D eigenvalue weighted by molar-refractivity contribution is 14.1. The van der Waals surface area contributed by atoms with E-state index in [1.165, 1.54) is 6.07 Å². The molecule has 110 valence electrons. The molecular formula is C14H14IN3O3. The van der Waals surface area contributed by atoms with Crippen LogP contribution in [0.1, 0.15) is 0 Å². The molecule has 0 saturated carbocycles. The fourth-order valence-electron chi connectivity index (χ4n) is 1.76. The largest absolute Gasteiger partial charge is 0.492 e. The SMILES string of the molecule is NCCOc1cccc(Nc2ccc(I)cc2[N+](=O)[O-])c1. The van der Waals surface area contributed by atoms with Crippen LogP contribution in [0, 0.1) is 13.7 Å². The molecule has 0 amide bonds. The van der Waals surface area contributed by atoms with Crippen LogP contribution in [0.4, 0.5) is 17.1 Å². The van der Waals surface area contributed by atoms with Crippen LogP contribution in [-0.4, -0.2) is 18.1 Å². The standard InChI is InChI=1S/C14H14IN3O3/c15-10-4-5-13(14(8-10)18(19)20)17-11-2-1-3-12(9-11)21-7-6-16/h1-5,8-9,17H,6-7,16H2. The van der Waals surface area contributed by atoms with Gasteiger partial charge in [-0.05, 0) is 46.9 Å². The van der Waals surface area contributed by atoms with Gasteiger partial charge in [0.2, 0.25) is 0 Å². The van der Waals surface area contributed by atoms with Crippen molar-refractivity contribution in [1.29, 1.82) is 0 Å². The van der Waals surface area contributed by atoms with E-state index in [4.69, 9.17) is 10.5 Å². The summed E-state index contributed by atoms with van der Waals surface area (Å²) in [5.41, 5.74) is 6.58. The fraction of sp³-hybridized carbons (Fsp3) is 0.143. The lowest BCUT2D eigenvalue weighted by Gasteiger charge is -2.10. The highest BCUT2D eigenvalue weighted by Crippen LogP contribution is 2.30. The Morgan fingerprint density at radius 2 is 2.10 bits per heavy atom. The molecule has 2 aromatic rings. The second-order valence-electron chi connectivity index (χ2n) is 4.21. The van der Waals surface area contributed by atoms with E-state index in [2.05, 4.69) is 5.32 Å². The number of anilines is 2. The third-order valence-corrected chi connectivity index (χ3v) is 3.33. The van der Waals surface area contributed by atoms with Gasteiger partial charge in [0.25, 0.3) is 5.69 Å². The highest BCUT2D eigenvalue weighted by atomic mass is 127. The summed E-state index contributed by atoms with van der Waals surface area (Å²) in [6, 6.07) is 12.2. The minimum Gasteiger partial charge on any atom is -0.492 e. The molecule has 6 nitrogen and oxygen atoms in total. The quantitative estimate of drug-likeness (QED) is 0.442. The Labute approximate surface area is 135 Å². The van der Waals surface area contributed by atoms with Crippen LogP contribution in [-0.2, 0) is 0 Å². The first-order valence-corrected chi connectivity index (χ1v) is 7.32. The van der Waals surface area contributed by atoms with Gasteiger partial charge in [-0.25, -0.2) is 0 Å². The van der Waals surface area contributed by atoms with Crippen LogP contribution in [0.5, 0.6) is 5.75 Å². The number of nitro groups is 1. The number of rotatable bonds is 6. The summed E-state index contributed by atoms with van der Waals surface area (Å²) in [7, 11) is 0. The summed E-state index contributed by atoms with van der Waals surface area (Å²) < 4.78 is 6.24. The van der Waals surface area contributed by atoms with Crippen LogP contribution < -0.4 is 15.8 Å². The smallest absolute Gasteiger partial charge is 0.293 e. The molecule has 0 aliphatic carbocycles. The molecule has 0 aliphatic rings. The molecule has 7 heteroatoms. The summed E-state index contributed by atoms with van der Waals surface area (Å²) >= 11 is 2.04. The molecular weight excluding hydrogens is 385 g/mol. The fourth-order valence-corrected chi connectivity index (χ4v) is 2.23. The molecule has 0 spiro atoms. The number of halogens is 1. The third-order valence-electron chi connectivity index (χ3n) is 2.66. The molecule has 0 radical (unpaired) electrons. The Morgan fingerprint density at radius 3 is 2.81 bits per heavy atom. The number of nitrogens with two attached hydrogens (primary N) is 1. The molecule has 0 atom stereocenters. The predicted molar refractivity (Wildman–Crippen MR) is 90.1 cm³/mol. The van der Waals surface area contributed by atoms with Gasteiger partial charge in [-0.1, -0.05) is 6.07 Å². The summed E-state index contributed by atoms with van der Waals surface area (Å²) in [5.74, 6) is 0.665. The number of nitrogens with one attached hydrogen (secondary N) is 1. The number of nitrogens with zero attached hydrogens (tertiary/aromatic N) is 1. The van der Waals surface area contributed by atoms with Crippen LogP contribution in [0.25, 0.3) is 0 Å². The predicted octanol–water partition coefficient (Wildman–Crippen LogP) is 3.28. The van der Waals surface area contributed by atoms with Crippen molar-refractivity contribution in [1.82, 2.24) is 0 Å². The van der Waals surface area contributed by atoms with Gasteiger partial charge < -0.3 is 15.8 Å². The second-order valence-corrected chi connectivity index (χ2v) is 5.45. The lowest BCUT2D eigenvalue weighted by Crippen LogP contribution is -2.10. The lowest BCUT2D eigenvalue weighted by molar-refractivity contribution is -0.384. The Morgan fingerprint density at radius 1 is 1.29 bits per heavy atom. The first-order valence-electron chi connectivity index (χ1n) is 6.24. The average Bonchev–Trinajstić information content (AvgIpc) is 2.47. The molecule has 0 saturated heterocycles. The van der Waals surface area contributed by atoms with Gasteiger partial charge in [0.15, 0.2) is 0 Å². The summed E-state index contributed by atoms with van der Waals surface area (Å²) in [5, 5.41) is 14.1. The molecule has 21 heavy (non-hydrogen) atoms. The zero-order valence-corrected chi connectivity index (χ0v) is 13.2. The first kappa shape index (κ1) is 15.5. The molecule has 0 aromatic heterocycles. The number of hydrogen-bond donors (Lipinski definition) is 2. The lowest BCUT2D eigenvalue weighted by atomic mass is 10.2. The molecule has 0 aliphatic heterocycles. The molecule has 2 rings (SSSR count). The van der Waals surface area contributed by atoms with Crippen molar-refractivity contribution in [2.75, 3.05) is 18.5 Å². The monoisotopic (exact) mass is 399 g/mol. The number of hydrogen-bond acceptors (Lipinski definition) is 5. The van der Waals surface area contributed by atoms with E-state index < -0.39 is 4.92 Å². The van der Waals surface area contributed by atoms with Gasteiger partial charge in [0.05, 0.1) is 4.92 Å². The van der Waals surface area contributed by atoms with Crippen LogP contribution in [0.2, 0.25) is 0 Å². The number of ether oxygens (including phenoxy) is 1. The average molecular weight is 399 g/mol. The first-order chi connectivity index (χ1) is 10.1. The van der Waals surface area contributed by atoms with E-state index in [1.807, 2.05) is 46.9 Å². The minimum absolute atomic E-state index is 0.0372. The molecule has 0 heterocycles. The van der Waals surface area contributed by atoms with Crippen molar-refractivity contribution in [3.8, 4) is 5.75 Å². The van der Waals surface area contributed by atoms with Gasteiger partial charge in [-0.3, -0.25) is 10.1 Å². The second kappa shape index (κ2) is 7.23. The number of benzene rings is 2. The summed E-state index contributed by atoms with van der Waals surface area (Å²) in [4.78, 5) is 10.7. The Kier molecular flexibility index (Phi) is 5.34.